The van der Waals surface area contributed by atoms with Crippen LogP contribution in [0.3, 0.4) is 0 Å². The molecule has 2 bridgehead atoms. The van der Waals surface area contributed by atoms with Crippen LogP contribution < -0.4 is 5.32 Å². The molecule has 2 aliphatic carbocycles. The van der Waals surface area contributed by atoms with Crippen molar-refractivity contribution < 1.29 is 23.9 Å². The Morgan fingerprint density at radius 1 is 1.06 bits per heavy atom. The minimum Gasteiger partial charge on any atom is -0.454 e. The van der Waals surface area contributed by atoms with Crippen LogP contribution >= 0.6 is 0 Å². The maximum Gasteiger partial charge on any atom is 0.329 e. The molecule has 3 amide bonds. The first-order valence-electron chi connectivity index (χ1n) is 11.0. The SMILES string of the molecule is CCc1cccc(CC)c1NC(=O)COC(=O)[C@H](C)N1C(=O)[C@H]2[C@H](C1=O)[C@H]1C=C[C@H]2C1. The van der Waals surface area contributed by atoms with Gasteiger partial charge < -0.3 is 10.1 Å². The van der Waals surface area contributed by atoms with Crippen molar-refractivity contribution in [3.63, 3.8) is 0 Å². The molecule has 1 N–H and O–H groups in total. The topological polar surface area (TPSA) is 92.8 Å². The molecule has 0 radical (unpaired) electrons. The van der Waals surface area contributed by atoms with Gasteiger partial charge in [-0.25, -0.2) is 4.79 Å². The molecule has 31 heavy (non-hydrogen) atoms. The highest BCUT2D eigenvalue weighted by Gasteiger charge is 2.60. The number of likely N-dealkylation sites (tertiary alicyclic amines) is 1. The van der Waals surface area contributed by atoms with Crippen LogP contribution in [0, 0.1) is 23.7 Å². The molecule has 1 saturated heterocycles. The van der Waals surface area contributed by atoms with Gasteiger partial charge in [-0.1, -0.05) is 44.2 Å². The lowest BCUT2D eigenvalue weighted by atomic mass is 9.85. The van der Waals surface area contributed by atoms with E-state index in [0.29, 0.717) is 0 Å². The lowest BCUT2D eigenvalue weighted by molar-refractivity contribution is -0.159. The number of amides is 3. The molecular weight excluding hydrogens is 396 g/mol. The fraction of sp³-hybridized carbons (Fsp3) is 0.500. The molecule has 3 aliphatic rings. The number of hydrogen-bond donors (Lipinski definition) is 1. The second-order valence-electron chi connectivity index (χ2n) is 8.54. The summed E-state index contributed by atoms with van der Waals surface area (Å²) in [7, 11) is 0. The third-order valence-electron chi connectivity index (χ3n) is 6.84. The van der Waals surface area contributed by atoms with Gasteiger partial charge in [-0.15, -0.1) is 0 Å². The number of anilines is 1. The maximum absolute atomic E-state index is 12.8. The van der Waals surface area contributed by atoms with Gasteiger partial charge in [-0.2, -0.15) is 0 Å². The molecule has 0 spiro atoms. The van der Waals surface area contributed by atoms with Crippen molar-refractivity contribution in [2.45, 2.75) is 46.1 Å². The third kappa shape index (κ3) is 3.56. The van der Waals surface area contributed by atoms with Gasteiger partial charge in [0.05, 0.1) is 11.8 Å². The fourth-order valence-corrected chi connectivity index (χ4v) is 5.25. The number of nitrogens with zero attached hydrogens (tertiary/aromatic N) is 1. The highest BCUT2D eigenvalue weighted by molar-refractivity contribution is 6.09. The lowest BCUT2D eigenvalue weighted by Gasteiger charge is -2.23. The summed E-state index contributed by atoms with van der Waals surface area (Å²) < 4.78 is 5.17. The number of carbonyl (C=O) groups is 4. The first-order chi connectivity index (χ1) is 14.9. The number of benzene rings is 1. The van der Waals surface area contributed by atoms with Gasteiger partial charge in [0.25, 0.3) is 5.91 Å². The number of ether oxygens (including phenoxy) is 1. The predicted octanol–water partition coefficient (Wildman–Crippen LogP) is 2.49. The molecule has 7 nitrogen and oxygen atoms in total. The molecule has 4 rings (SSSR count). The van der Waals surface area contributed by atoms with Gasteiger partial charge in [0.2, 0.25) is 11.8 Å². The Hall–Kier alpha value is -2.96. The molecule has 1 aliphatic heterocycles. The van der Waals surface area contributed by atoms with E-state index in [1.807, 2.05) is 44.2 Å². The number of aryl methyl sites for hydroxylation is 2. The summed E-state index contributed by atoms with van der Waals surface area (Å²) in [5.41, 5.74) is 2.77. The van der Waals surface area contributed by atoms with Crippen molar-refractivity contribution in [1.29, 1.82) is 0 Å². The highest BCUT2D eigenvalue weighted by Crippen LogP contribution is 2.52. The quantitative estimate of drug-likeness (QED) is 0.412. The fourth-order valence-electron chi connectivity index (χ4n) is 5.25. The van der Waals surface area contributed by atoms with E-state index in [1.165, 1.54) is 6.92 Å². The summed E-state index contributed by atoms with van der Waals surface area (Å²) in [5, 5.41) is 2.84. The molecule has 0 aromatic heterocycles. The van der Waals surface area contributed by atoms with E-state index >= 15 is 0 Å². The van der Waals surface area contributed by atoms with Crippen LogP contribution in [-0.4, -0.2) is 41.2 Å². The molecule has 1 aromatic rings. The van der Waals surface area contributed by atoms with Crippen molar-refractivity contribution in [3.05, 3.63) is 41.5 Å². The number of carbonyl (C=O) groups excluding carboxylic acids is 4. The van der Waals surface area contributed by atoms with E-state index in [2.05, 4.69) is 5.32 Å². The molecule has 1 aromatic carbocycles. The zero-order chi connectivity index (χ0) is 22.3. The number of hydrogen-bond acceptors (Lipinski definition) is 5. The van der Waals surface area contributed by atoms with Crippen LogP contribution in [-0.2, 0) is 36.8 Å². The average Bonchev–Trinajstić information content (AvgIpc) is 3.45. The van der Waals surface area contributed by atoms with Crippen molar-refractivity contribution in [3.8, 4) is 0 Å². The summed E-state index contributed by atoms with van der Waals surface area (Å²) in [6, 6.07) is 4.81. The van der Waals surface area contributed by atoms with Gasteiger partial charge >= 0.3 is 5.97 Å². The van der Waals surface area contributed by atoms with Gasteiger partial charge in [-0.05, 0) is 49.1 Å². The highest BCUT2D eigenvalue weighted by atomic mass is 16.5. The average molecular weight is 424 g/mol. The van der Waals surface area contributed by atoms with Crippen LogP contribution in [0.4, 0.5) is 5.69 Å². The summed E-state index contributed by atoms with van der Waals surface area (Å²) >= 11 is 0. The zero-order valence-corrected chi connectivity index (χ0v) is 18.1. The smallest absolute Gasteiger partial charge is 0.329 e. The third-order valence-corrected chi connectivity index (χ3v) is 6.84. The summed E-state index contributed by atoms with van der Waals surface area (Å²) in [4.78, 5) is 51.7. The molecule has 1 heterocycles. The molecular formula is C24H28N2O5. The number of allylic oxidation sites excluding steroid dienone is 2. The first kappa shape index (κ1) is 21.3. The molecule has 164 valence electrons. The monoisotopic (exact) mass is 424 g/mol. The van der Waals surface area contributed by atoms with Crippen LogP contribution in [0.1, 0.15) is 38.3 Å². The number of rotatable bonds is 7. The van der Waals surface area contributed by atoms with Gasteiger partial charge in [-0.3, -0.25) is 19.3 Å². The first-order valence-corrected chi connectivity index (χ1v) is 11.0. The van der Waals surface area contributed by atoms with E-state index in [1.54, 1.807) is 0 Å². The number of esters is 1. The second-order valence-corrected chi connectivity index (χ2v) is 8.54. The number of fused-ring (bicyclic) bond motifs is 5. The van der Waals surface area contributed by atoms with Crippen molar-refractivity contribution in [2.75, 3.05) is 11.9 Å². The number of imide groups is 1. The van der Waals surface area contributed by atoms with Crippen molar-refractivity contribution >= 4 is 29.4 Å². The standard InChI is InChI=1S/C24H28N2O5/c1-4-14-7-6-8-15(5-2)21(14)25-18(27)12-31-24(30)13(3)26-22(28)19-16-9-10-17(11-16)20(19)23(26)29/h6-10,13,16-17,19-20H,4-5,11-12H2,1-3H3,(H,25,27)/t13-,16-,17-,19+,20+/m0/s1. The zero-order valence-electron chi connectivity index (χ0n) is 18.1. The number of para-hydroxylation sites is 1. The maximum atomic E-state index is 12.8. The Morgan fingerprint density at radius 2 is 1.61 bits per heavy atom. The van der Waals surface area contributed by atoms with Crippen LogP contribution in [0.2, 0.25) is 0 Å². The summed E-state index contributed by atoms with van der Waals surface area (Å²) in [6.45, 7) is 5.02. The molecule has 7 heteroatoms. The van der Waals surface area contributed by atoms with Crippen LogP contribution in [0.25, 0.3) is 0 Å². The van der Waals surface area contributed by atoms with Gasteiger partial charge in [0, 0.05) is 5.69 Å². The van der Waals surface area contributed by atoms with Gasteiger partial charge in [0.1, 0.15) is 6.04 Å². The van der Waals surface area contributed by atoms with Crippen LogP contribution in [0.15, 0.2) is 30.4 Å². The Morgan fingerprint density at radius 3 is 2.13 bits per heavy atom. The van der Waals surface area contributed by atoms with Crippen LogP contribution in [0.5, 0.6) is 0 Å². The van der Waals surface area contributed by atoms with E-state index in [0.717, 1.165) is 41.0 Å². The van der Waals surface area contributed by atoms with E-state index < -0.39 is 24.5 Å². The van der Waals surface area contributed by atoms with Crippen molar-refractivity contribution in [2.24, 2.45) is 23.7 Å². The van der Waals surface area contributed by atoms with E-state index in [9.17, 15) is 19.2 Å². The minimum atomic E-state index is -1.05. The molecule has 2 fully saturated rings. The second kappa shape index (κ2) is 8.29. The molecule has 0 unspecified atom stereocenters. The predicted molar refractivity (Wildman–Crippen MR) is 114 cm³/mol. The Kier molecular flexibility index (Phi) is 5.69. The normalized spacial score (nSPS) is 26.9. The van der Waals surface area contributed by atoms with E-state index in [4.69, 9.17) is 4.74 Å². The van der Waals surface area contributed by atoms with E-state index in [-0.39, 0.29) is 35.5 Å². The Labute approximate surface area is 181 Å². The lowest BCUT2D eigenvalue weighted by Crippen LogP contribution is -2.45. The Bertz CT molecular complexity index is 916. The molecule has 1 saturated carbocycles. The van der Waals surface area contributed by atoms with Crippen molar-refractivity contribution in [1.82, 2.24) is 4.90 Å². The largest absolute Gasteiger partial charge is 0.454 e. The Balaban J connectivity index is 1.37. The summed E-state index contributed by atoms with van der Waals surface area (Å²) in [6.07, 6.45) is 6.37. The minimum absolute atomic E-state index is 0.0804. The molecule has 5 atom stereocenters. The summed E-state index contributed by atoms with van der Waals surface area (Å²) in [5.74, 6) is -2.37. The number of nitrogens with one attached hydrogen (secondary N) is 1. The van der Waals surface area contributed by atoms with Gasteiger partial charge in [0.15, 0.2) is 6.61 Å².